The fourth-order valence-corrected chi connectivity index (χ4v) is 4.69. The van der Waals surface area contributed by atoms with Gasteiger partial charge < -0.3 is 9.47 Å². The Balaban J connectivity index is 0. The van der Waals surface area contributed by atoms with Crippen molar-refractivity contribution >= 4 is 51.6 Å². The molecule has 1 N–H and O–H groups in total. The van der Waals surface area contributed by atoms with Gasteiger partial charge in [-0.25, -0.2) is 0 Å². The van der Waals surface area contributed by atoms with Gasteiger partial charge in [-0.15, -0.1) is 0 Å². The van der Waals surface area contributed by atoms with Gasteiger partial charge in [0.15, 0.2) is 5.25 Å². The average Bonchev–Trinajstić information content (AvgIpc) is 3.13. The quantitative estimate of drug-likeness (QED) is 0.0498. The molecule has 444 valence electrons. The number of carbonyl (C=O) groups excluding carboxylic acids is 2. The predicted octanol–water partition coefficient (Wildman–Crippen LogP) is 11.5. The molecule has 0 aliphatic rings. The van der Waals surface area contributed by atoms with Crippen LogP contribution in [0.3, 0.4) is 0 Å². The summed E-state index contributed by atoms with van der Waals surface area (Å²) in [4.78, 5) is 23.2. The van der Waals surface area contributed by atoms with Gasteiger partial charge in [0.25, 0.3) is 10.1 Å². The Morgan fingerprint density at radius 1 is 0.307 bits per heavy atom. The number of esters is 2. The van der Waals surface area contributed by atoms with Crippen LogP contribution in [-0.2, 0) is 29.2 Å². The maximum atomic E-state index is 14.1. The number of ether oxygens (including phenoxy) is 2. The summed E-state index contributed by atoms with van der Waals surface area (Å²) in [6, 6.07) is 0. The monoisotopic (exact) mass is 1260 g/mol. The van der Waals surface area contributed by atoms with E-state index in [1.54, 1.807) is 9.47 Å². The van der Waals surface area contributed by atoms with Crippen LogP contribution >= 0.6 is 0 Å². The van der Waals surface area contributed by atoms with Gasteiger partial charge in [-0.05, 0) is 0 Å². The van der Waals surface area contributed by atoms with Gasteiger partial charge in [0, 0.05) is 0 Å². The molecule has 0 spiro atoms. The van der Waals surface area contributed by atoms with E-state index in [2.05, 4.69) is 0 Å². The van der Waals surface area contributed by atoms with E-state index in [-0.39, 0.29) is 29.6 Å². The number of hydrogen-bond acceptors (Lipinski definition) is 6. The second-order valence-electron chi connectivity index (χ2n) is 13.3. The van der Waals surface area contributed by atoms with E-state index in [1.165, 1.54) is 0 Å². The zero-order valence-electron chi connectivity index (χ0n) is 31.5. The van der Waals surface area contributed by atoms with Crippen molar-refractivity contribution in [2.45, 2.75) is 131 Å². The average molecular weight is 1260 g/mol. The summed E-state index contributed by atoms with van der Waals surface area (Å²) in [7, 11) is -7.70. The van der Waals surface area contributed by atoms with E-state index < -0.39 is 153 Å². The summed E-state index contributed by atoms with van der Waals surface area (Å²) >= 11 is 0. The molecule has 0 radical (unpaired) electrons. The number of carbonyl (C=O) groups is 2. The van der Waals surface area contributed by atoms with Crippen LogP contribution in [0, 0.1) is 0 Å². The summed E-state index contributed by atoms with van der Waals surface area (Å²) in [5.41, 5.74) is 0. The van der Waals surface area contributed by atoms with Gasteiger partial charge in [-0.1, -0.05) is 0 Å². The number of hydrogen-bond donors (Lipinski definition) is 1. The van der Waals surface area contributed by atoms with E-state index >= 15 is 0 Å². The fourth-order valence-electron chi connectivity index (χ4n) is 4.05. The molecule has 0 aliphatic heterocycles. The summed E-state index contributed by atoms with van der Waals surface area (Å²) in [5.74, 6) is -163. The topological polar surface area (TPSA) is 107 Å². The van der Waals surface area contributed by atoms with E-state index in [1.807, 2.05) is 0 Å². The van der Waals surface area contributed by atoms with Crippen molar-refractivity contribution in [3.05, 3.63) is 0 Å². The summed E-state index contributed by atoms with van der Waals surface area (Å²) in [5, 5.41) is -5.49. The molecule has 1 atom stereocenters. The van der Waals surface area contributed by atoms with Crippen molar-refractivity contribution in [3.63, 3.8) is 0 Å². The van der Waals surface area contributed by atoms with Gasteiger partial charge in [-0.3, -0.25) is 14.1 Å². The number of halogens is 42. The molecule has 0 bridgehead atoms. The fraction of sp³-hybridized carbons (Fsp3) is 0.917. The van der Waals surface area contributed by atoms with Crippen LogP contribution in [0.1, 0.15) is 6.42 Å². The van der Waals surface area contributed by atoms with Crippen molar-refractivity contribution in [1.29, 1.82) is 0 Å². The van der Waals surface area contributed by atoms with Crippen molar-refractivity contribution in [1.82, 2.24) is 0 Å². The Bertz CT molecular complexity index is 2210. The first-order chi connectivity index (χ1) is 31.1. The summed E-state index contributed by atoms with van der Waals surface area (Å²) < 4.78 is 601. The third kappa shape index (κ3) is 10.1. The molecule has 1 unspecified atom stereocenters. The minimum atomic E-state index is -9.94. The van der Waals surface area contributed by atoms with Crippen LogP contribution in [0.15, 0.2) is 0 Å². The first-order valence-corrected chi connectivity index (χ1v) is 17.0. The van der Waals surface area contributed by atoms with E-state index in [0.717, 1.165) is 0 Å². The van der Waals surface area contributed by atoms with E-state index in [4.69, 9.17) is 4.55 Å². The Kier molecular flexibility index (Phi) is 18.8. The molecule has 0 saturated heterocycles. The molecule has 0 amide bonds. The Labute approximate surface area is 399 Å². The van der Waals surface area contributed by atoms with Gasteiger partial charge in [0.1, 0.15) is 0 Å². The third-order valence-electron chi connectivity index (χ3n) is 8.41. The predicted molar refractivity (Wildman–Crippen MR) is 140 cm³/mol. The molecular weight excluding hydrogens is 1250 g/mol. The van der Waals surface area contributed by atoms with Crippen molar-refractivity contribution < 1.29 is 216 Å². The normalized spacial score (nSPS) is 16.8. The van der Waals surface area contributed by atoms with Gasteiger partial charge in [0.2, 0.25) is 0 Å². The molecule has 0 aromatic carbocycles. The van der Waals surface area contributed by atoms with Crippen molar-refractivity contribution in [2.75, 3.05) is 0 Å². The molecular formula is C24H5F42NaO7S. The first kappa shape index (κ1) is 74.0. The summed E-state index contributed by atoms with van der Waals surface area (Å²) in [6.45, 7) is 0. The van der Waals surface area contributed by atoms with Crippen LogP contribution in [0.4, 0.5) is 184 Å². The van der Waals surface area contributed by atoms with Gasteiger partial charge in [-0.2, -0.15) is 193 Å². The molecule has 0 saturated carbocycles. The van der Waals surface area contributed by atoms with Crippen LogP contribution < -0.4 is 0 Å². The molecule has 0 rings (SSSR count). The molecule has 0 aromatic heterocycles. The second-order valence-corrected chi connectivity index (χ2v) is 14.9. The van der Waals surface area contributed by atoms with Crippen molar-refractivity contribution in [2.24, 2.45) is 0 Å². The Morgan fingerprint density at radius 2 is 0.467 bits per heavy atom. The van der Waals surface area contributed by atoms with Crippen molar-refractivity contribution in [3.8, 4) is 0 Å². The van der Waals surface area contributed by atoms with Gasteiger partial charge in [0.05, 0.1) is 6.42 Å². The van der Waals surface area contributed by atoms with E-state index in [0.29, 0.717) is 0 Å². The number of rotatable bonds is 22. The Morgan fingerprint density at radius 3 is 0.640 bits per heavy atom. The van der Waals surface area contributed by atoms with Crippen LogP contribution in [-0.4, -0.2) is 179 Å². The molecule has 0 aliphatic carbocycles. The molecule has 0 fully saturated rings. The molecule has 51 heteroatoms. The second kappa shape index (κ2) is 19.0. The molecule has 0 heterocycles. The minimum absolute atomic E-state index is 0. The SMILES string of the molecule is O=C(CC(C(=O)OC(F)(F)C(F)(F)C(F)(F)C(F)(F)C(F)(F)C(F)(F)C(F)(F)C(F)(F)C(F)(F)C(F)(F)F)S(=O)(=O)O)OC(F)(F)C(F)(F)C(F)(F)C(F)(F)C(F)(F)C(F)(F)C(F)(F)C(F)(F)C(F)(F)C(F)(F)F.[NaH]. The number of alkyl halides is 42. The zero-order valence-corrected chi connectivity index (χ0v) is 32.3. The van der Waals surface area contributed by atoms with Gasteiger partial charge >= 0.3 is 161 Å². The first-order valence-electron chi connectivity index (χ1n) is 15.5. The molecule has 0 aromatic rings. The third-order valence-corrected chi connectivity index (χ3v) is 9.49. The maximum absolute atomic E-state index is 14.1. The van der Waals surface area contributed by atoms with E-state index in [9.17, 15) is 202 Å². The molecule has 7 nitrogen and oxygen atoms in total. The van der Waals surface area contributed by atoms with Crippen LogP contribution in [0.25, 0.3) is 0 Å². The molecule has 75 heavy (non-hydrogen) atoms. The standard InChI is InChI=1S/C24H4F42O7S.Na.H/c25-5(26,9(33,34)13(41,42)17(49,50)21(57,58)59)7(29,30)11(37,38)15(45,46)19(53,54)23(63,64)72-3(67)1-2(74(69,70)71)4(68)73-24(65,66)20(55,56)16(47,48)12(39,40)8(31,32)6(27,28)10(35,36)14(43,44)18(51,52)22(60,61)62;;/h2H,1H2,(H,69,70,71);;. The zero-order chi connectivity index (χ0) is 61.4. The summed E-state index contributed by atoms with van der Waals surface area (Å²) in [6.07, 6.45) is -38.5. The van der Waals surface area contributed by atoms with Crippen LogP contribution in [0.2, 0.25) is 0 Å². The Hall–Kier alpha value is -3.09. The van der Waals surface area contributed by atoms with Crippen LogP contribution in [0.5, 0.6) is 0 Å².